The molecule has 2 amide bonds. The van der Waals surface area contributed by atoms with Gasteiger partial charge in [0.05, 0.1) is 25.3 Å². The van der Waals surface area contributed by atoms with Gasteiger partial charge in [0.15, 0.2) is 6.29 Å². The Bertz CT molecular complexity index is 551. The van der Waals surface area contributed by atoms with E-state index in [0.717, 1.165) is 0 Å². The van der Waals surface area contributed by atoms with Crippen LogP contribution in [0.2, 0.25) is 0 Å². The zero-order valence-electron chi connectivity index (χ0n) is 15.7. The minimum absolute atomic E-state index is 0.188. The van der Waals surface area contributed by atoms with Gasteiger partial charge in [-0.25, -0.2) is 0 Å². The molecule has 2 heterocycles. The van der Waals surface area contributed by atoms with Crippen molar-refractivity contribution >= 4 is 11.8 Å². The van der Waals surface area contributed by atoms with Gasteiger partial charge in [-0.3, -0.25) is 9.59 Å². The zero-order valence-corrected chi connectivity index (χ0v) is 15.7. The Labute approximate surface area is 161 Å². The minimum Gasteiger partial charge on any atom is -0.395 e. The van der Waals surface area contributed by atoms with Crippen LogP contribution in [0.3, 0.4) is 0 Å². The summed E-state index contributed by atoms with van der Waals surface area (Å²) in [6.45, 7) is 1.66. The van der Waals surface area contributed by atoms with E-state index in [-0.39, 0.29) is 12.5 Å². The predicted octanol–water partition coefficient (Wildman–Crippen LogP) is -4.85. The average Bonchev–Trinajstić information content (AvgIpc) is 2.63. The fourth-order valence-electron chi connectivity index (χ4n) is 3.47. The number of piperidine rings is 1. The van der Waals surface area contributed by atoms with Gasteiger partial charge >= 0.3 is 0 Å². The van der Waals surface area contributed by atoms with Gasteiger partial charge in [0.2, 0.25) is 11.8 Å². The van der Waals surface area contributed by atoms with Crippen LogP contribution >= 0.6 is 0 Å². The molecule has 2 rings (SSSR count). The second-order valence-electron chi connectivity index (χ2n) is 7.03. The Balaban J connectivity index is 2.22. The van der Waals surface area contributed by atoms with Gasteiger partial charge in [-0.05, 0) is 0 Å². The van der Waals surface area contributed by atoms with Gasteiger partial charge in [0.1, 0.15) is 36.6 Å². The first-order valence-corrected chi connectivity index (χ1v) is 9.04. The molecule has 9 atom stereocenters. The van der Waals surface area contributed by atoms with Gasteiger partial charge in [-0.1, -0.05) is 0 Å². The molecule has 2 fully saturated rings. The molecule has 0 spiro atoms. The topological polar surface area (TPSA) is 190 Å². The van der Waals surface area contributed by atoms with Gasteiger partial charge in [0.25, 0.3) is 0 Å². The number of aliphatic hydroxyl groups excluding tert-OH is 5. The molecule has 28 heavy (non-hydrogen) atoms. The van der Waals surface area contributed by atoms with E-state index >= 15 is 0 Å². The number of rotatable bonds is 6. The van der Waals surface area contributed by atoms with Crippen molar-refractivity contribution in [2.45, 2.75) is 68.8 Å². The summed E-state index contributed by atoms with van der Waals surface area (Å²) in [6.07, 6.45) is -7.83. The number of nitrogens with one attached hydrogen (secondary N) is 3. The maximum atomic E-state index is 11.5. The van der Waals surface area contributed by atoms with Gasteiger partial charge < -0.3 is 51.0 Å². The number of hydrogen-bond acceptors (Lipinski definition) is 10. The van der Waals surface area contributed by atoms with E-state index in [1.807, 2.05) is 0 Å². The third-order valence-electron chi connectivity index (χ3n) is 4.87. The largest absolute Gasteiger partial charge is 0.395 e. The van der Waals surface area contributed by atoms with Crippen LogP contribution in [0.4, 0.5) is 0 Å². The lowest BCUT2D eigenvalue weighted by molar-refractivity contribution is -0.295. The Kier molecular flexibility index (Phi) is 8.09. The summed E-state index contributed by atoms with van der Waals surface area (Å²) >= 11 is 0. The molecule has 0 aromatic heterocycles. The normalized spacial score (nSPS) is 41.3. The molecule has 8 N–H and O–H groups in total. The maximum absolute atomic E-state index is 11.5. The van der Waals surface area contributed by atoms with E-state index in [0.29, 0.717) is 0 Å². The van der Waals surface area contributed by atoms with Crippen molar-refractivity contribution in [1.29, 1.82) is 0 Å². The molecular formula is C16H29N3O9. The summed E-state index contributed by atoms with van der Waals surface area (Å²) in [5.74, 6) is -0.885. The summed E-state index contributed by atoms with van der Waals surface area (Å²) < 4.78 is 11.3. The maximum Gasteiger partial charge on any atom is 0.217 e. The molecule has 0 aromatic carbocycles. The molecule has 2 aliphatic heterocycles. The number of carbonyl (C=O) groups is 2. The van der Waals surface area contributed by atoms with E-state index < -0.39 is 74.1 Å². The first-order valence-electron chi connectivity index (χ1n) is 9.04. The standard InChI is InChI=1S/C16H29N3O9/c1-6(22)18-8-3-17-9(4-20)15(12(8)24)28-16-11(19-7(2)23)14(26)13(25)10(5-21)27-16/h8-17,20-21,24-26H,3-5H2,1-2H3,(H,18,22)(H,19,23)/t8-,9+,10+,11+,12+,13+,14+,15+,16-/m0/s1. The fourth-order valence-corrected chi connectivity index (χ4v) is 3.47. The predicted molar refractivity (Wildman–Crippen MR) is 92.7 cm³/mol. The molecule has 2 aliphatic rings. The molecule has 0 radical (unpaired) electrons. The number of hydrogen-bond donors (Lipinski definition) is 8. The van der Waals surface area contributed by atoms with Gasteiger partial charge in [-0.15, -0.1) is 0 Å². The van der Waals surface area contributed by atoms with E-state index in [1.54, 1.807) is 0 Å². The molecular weight excluding hydrogens is 378 g/mol. The highest BCUT2D eigenvalue weighted by atomic mass is 16.7. The third kappa shape index (κ3) is 5.15. The quantitative estimate of drug-likeness (QED) is 0.212. The summed E-state index contributed by atoms with van der Waals surface area (Å²) in [6, 6.07) is -2.63. The van der Waals surface area contributed by atoms with Crippen LogP contribution in [-0.4, -0.2) is 112 Å². The monoisotopic (exact) mass is 407 g/mol. The van der Waals surface area contributed by atoms with Crippen LogP contribution in [0, 0.1) is 0 Å². The summed E-state index contributed by atoms with van der Waals surface area (Å²) in [5.41, 5.74) is 0. The molecule has 162 valence electrons. The van der Waals surface area contributed by atoms with Crippen molar-refractivity contribution < 1.29 is 44.6 Å². The SMILES string of the molecule is CC(=O)N[C@H]1[C@H](O[C@H]2[C@H](O)[C@@H](NC(C)=O)CN[C@@H]2CO)O[C@H](CO)[C@@H](O)[C@@H]1O. The van der Waals surface area contributed by atoms with E-state index in [9.17, 15) is 35.1 Å². The van der Waals surface area contributed by atoms with Crippen molar-refractivity contribution in [1.82, 2.24) is 16.0 Å². The molecule has 12 nitrogen and oxygen atoms in total. The van der Waals surface area contributed by atoms with E-state index in [4.69, 9.17) is 9.47 Å². The first-order chi connectivity index (χ1) is 13.2. The molecule has 0 aromatic rings. The van der Waals surface area contributed by atoms with Crippen LogP contribution < -0.4 is 16.0 Å². The molecule has 12 heteroatoms. The third-order valence-corrected chi connectivity index (χ3v) is 4.87. The highest BCUT2D eigenvalue weighted by molar-refractivity contribution is 5.73. The van der Waals surface area contributed by atoms with Crippen LogP contribution in [0.1, 0.15) is 13.8 Å². The van der Waals surface area contributed by atoms with Gasteiger partial charge in [0, 0.05) is 20.4 Å². The number of aliphatic hydroxyl groups is 5. The Morgan fingerprint density at radius 3 is 2.21 bits per heavy atom. The Hall–Kier alpha value is -1.38. The summed E-state index contributed by atoms with van der Waals surface area (Å²) in [5, 5.41) is 57.9. The lowest BCUT2D eigenvalue weighted by Gasteiger charge is -2.46. The molecule has 0 unspecified atom stereocenters. The van der Waals surface area contributed by atoms with E-state index in [1.165, 1.54) is 13.8 Å². The fraction of sp³-hybridized carbons (Fsp3) is 0.875. The lowest BCUT2D eigenvalue weighted by Crippen LogP contribution is -2.69. The zero-order chi connectivity index (χ0) is 21.0. The number of ether oxygens (including phenoxy) is 2. The van der Waals surface area contributed by atoms with Crippen LogP contribution in [0.5, 0.6) is 0 Å². The lowest BCUT2D eigenvalue weighted by atomic mass is 9.93. The van der Waals surface area contributed by atoms with Crippen molar-refractivity contribution in [3.05, 3.63) is 0 Å². The molecule has 0 aliphatic carbocycles. The average molecular weight is 407 g/mol. The Morgan fingerprint density at radius 1 is 1.04 bits per heavy atom. The van der Waals surface area contributed by atoms with Crippen molar-refractivity contribution in [3.8, 4) is 0 Å². The smallest absolute Gasteiger partial charge is 0.217 e. The molecule has 0 saturated carbocycles. The number of amides is 2. The van der Waals surface area contributed by atoms with Crippen molar-refractivity contribution in [3.63, 3.8) is 0 Å². The van der Waals surface area contributed by atoms with Crippen LogP contribution in [0.15, 0.2) is 0 Å². The highest BCUT2D eigenvalue weighted by Crippen LogP contribution is 2.26. The summed E-state index contributed by atoms with van der Waals surface area (Å²) in [4.78, 5) is 22.8. The second kappa shape index (κ2) is 9.89. The highest BCUT2D eigenvalue weighted by Gasteiger charge is 2.49. The van der Waals surface area contributed by atoms with Crippen molar-refractivity contribution in [2.75, 3.05) is 19.8 Å². The first kappa shape index (κ1) is 22.9. The molecule has 2 saturated heterocycles. The van der Waals surface area contributed by atoms with Crippen LogP contribution in [-0.2, 0) is 19.1 Å². The van der Waals surface area contributed by atoms with Crippen LogP contribution in [0.25, 0.3) is 0 Å². The second-order valence-corrected chi connectivity index (χ2v) is 7.03. The summed E-state index contributed by atoms with van der Waals surface area (Å²) in [7, 11) is 0. The van der Waals surface area contributed by atoms with Gasteiger partial charge in [-0.2, -0.15) is 0 Å². The van der Waals surface area contributed by atoms with Crippen molar-refractivity contribution in [2.24, 2.45) is 0 Å². The minimum atomic E-state index is -1.51. The van der Waals surface area contributed by atoms with E-state index in [2.05, 4.69) is 16.0 Å². The number of carbonyl (C=O) groups excluding carboxylic acids is 2. The Morgan fingerprint density at radius 2 is 1.68 bits per heavy atom. The molecule has 0 bridgehead atoms.